The molecule has 0 heterocycles. The average molecular weight is 353 g/mol. The summed E-state index contributed by atoms with van der Waals surface area (Å²) in [5.74, 6) is -0.120. The van der Waals surface area contributed by atoms with Crippen molar-refractivity contribution in [1.29, 1.82) is 0 Å². The van der Waals surface area contributed by atoms with Crippen LogP contribution < -0.4 is 0 Å². The van der Waals surface area contributed by atoms with Gasteiger partial charge in [-0.3, -0.25) is 9.59 Å². The first-order valence-corrected chi connectivity index (χ1v) is 9.42. The molecule has 0 radical (unpaired) electrons. The fourth-order valence-electron chi connectivity index (χ4n) is 4.42. The number of fused-ring (bicyclic) bond motifs is 2. The second kappa shape index (κ2) is 6.42. The lowest BCUT2D eigenvalue weighted by atomic mass is 9.73. The summed E-state index contributed by atoms with van der Waals surface area (Å²) in [7, 11) is 0. The Kier molecular flexibility index (Phi) is 4.24. The molecule has 2 nitrogen and oxygen atoms in total. The molecule has 0 saturated heterocycles. The van der Waals surface area contributed by atoms with Crippen LogP contribution in [0.25, 0.3) is 11.1 Å². The summed E-state index contributed by atoms with van der Waals surface area (Å²) in [6.45, 7) is 2.08. The molecule has 3 heteroatoms. The molecule has 4 rings (SSSR count). The first kappa shape index (κ1) is 16.5. The molecule has 2 fully saturated rings. The van der Waals surface area contributed by atoms with Crippen LogP contribution in [0, 0.1) is 11.8 Å². The standard InChI is InChI=1S/C22H21ClO2/c1-2-13-3-4-15(14-7-9-18(23)10-8-14)12-19(13)20-21(24)16-5-6-17(11-16)22(20)25/h3-4,7-10,12,16-17,20H,2,5-6,11H2,1H3/t16-,17+,20?. The van der Waals surface area contributed by atoms with E-state index in [-0.39, 0.29) is 23.4 Å². The number of ketones is 2. The Balaban J connectivity index is 1.80. The lowest BCUT2D eigenvalue weighted by Crippen LogP contribution is -2.35. The molecule has 2 saturated carbocycles. The zero-order valence-electron chi connectivity index (χ0n) is 14.3. The van der Waals surface area contributed by atoms with Gasteiger partial charge in [0, 0.05) is 16.9 Å². The maximum atomic E-state index is 12.9. The van der Waals surface area contributed by atoms with Crippen molar-refractivity contribution in [3.63, 3.8) is 0 Å². The number of hydrogen-bond acceptors (Lipinski definition) is 2. The molecule has 25 heavy (non-hydrogen) atoms. The zero-order valence-corrected chi connectivity index (χ0v) is 15.1. The van der Waals surface area contributed by atoms with Crippen LogP contribution in [-0.4, -0.2) is 11.6 Å². The van der Waals surface area contributed by atoms with Gasteiger partial charge in [-0.15, -0.1) is 0 Å². The molecule has 0 N–H and O–H groups in total. The lowest BCUT2D eigenvalue weighted by Gasteiger charge is -2.27. The van der Waals surface area contributed by atoms with Crippen LogP contribution in [-0.2, 0) is 16.0 Å². The Hall–Kier alpha value is -1.93. The van der Waals surface area contributed by atoms with Crippen molar-refractivity contribution in [2.45, 2.75) is 38.5 Å². The average Bonchev–Trinajstić information content (AvgIpc) is 3.08. The number of hydrogen-bond donors (Lipinski definition) is 0. The normalized spacial score (nSPS) is 25.4. The molecule has 0 aliphatic heterocycles. The van der Waals surface area contributed by atoms with Gasteiger partial charge in [0.2, 0.25) is 0 Å². The largest absolute Gasteiger partial charge is 0.298 e. The van der Waals surface area contributed by atoms with Crippen LogP contribution in [0.1, 0.15) is 43.2 Å². The fraction of sp³-hybridized carbons (Fsp3) is 0.364. The third-order valence-corrected chi connectivity index (χ3v) is 6.07. The Morgan fingerprint density at radius 3 is 2.12 bits per heavy atom. The Labute approximate surface area is 153 Å². The molecule has 2 bridgehead atoms. The van der Waals surface area contributed by atoms with E-state index in [1.54, 1.807) is 0 Å². The zero-order chi connectivity index (χ0) is 17.6. The van der Waals surface area contributed by atoms with E-state index in [9.17, 15) is 9.59 Å². The van der Waals surface area contributed by atoms with E-state index >= 15 is 0 Å². The summed E-state index contributed by atoms with van der Waals surface area (Å²) >= 11 is 5.99. The number of benzene rings is 2. The summed E-state index contributed by atoms with van der Waals surface area (Å²) < 4.78 is 0. The van der Waals surface area contributed by atoms with E-state index in [0.29, 0.717) is 5.02 Å². The molecule has 2 aromatic carbocycles. The highest BCUT2D eigenvalue weighted by Crippen LogP contribution is 2.45. The monoisotopic (exact) mass is 352 g/mol. The van der Waals surface area contributed by atoms with E-state index < -0.39 is 5.92 Å². The Morgan fingerprint density at radius 2 is 1.52 bits per heavy atom. The summed E-state index contributed by atoms with van der Waals surface area (Å²) in [4.78, 5) is 25.8. The topological polar surface area (TPSA) is 34.1 Å². The molecule has 0 amide bonds. The predicted octanol–water partition coefficient (Wildman–Crippen LogP) is 5.22. The highest BCUT2D eigenvalue weighted by atomic mass is 35.5. The number of rotatable bonds is 3. The summed E-state index contributed by atoms with van der Waals surface area (Å²) in [5.41, 5.74) is 4.10. The molecule has 128 valence electrons. The minimum Gasteiger partial charge on any atom is -0.298 e. The smallest absolute Gasteiger partial charge is 0.150 e. The number of Topliss-reactive ketones (excluding diaryl/α,β-unsaturated/α-hetero) is 2. The van der Waals surface area contributed by atoms with Gasteiger partial charge in [-0.25, -0.2) is 0 Å². The third kappa shape index (κ3) is 2.83. The molecule has 0 spiro atoms. The van der Waals surface area contributed by atoms with E-state index in [2.05, 4.69) is 19.1 Å². The first-order valence-electron chi connectivity index (χ1n) is 9.04. The first-order chi connectivity index (χ1) is 12.1. The SMILES string of the molecule is CCc1ccc(-c2ccc(Cl)cc2)cc1C1C(=O)[C@@H]2CC[C@@H](C2)C1=O. The third-order valence-electron chi connectivity index (χ3n) is 5.82. The maximum Gasteiger partial charge on any atom is 0.150 e. The molecule has 1 unspecified atom stereocenters. The van der Waals surface area contributed by atoms with Crippen molar-refractivity contribution in [2.75, 3.05) is 0 Å². The van der Waals surface area contributed by atoms with Gasteiger partial charge in [-0.05, 0) is 66.1 Å². The van der Waals surface area contributed by atoms with Crippen molar-refractivity contribution in [1.82, 2.24) is 0 Å². The molecule has 2 aromatic rings. The van der Waals surface area contributed by atoms with Gasteiger partial charge in [0.15, 0.2) is 11.6 Å². The van der Waals surface area contributed by atoms with E-state index in [1.165, 1.54) is 0 Å². The Bertz CT molecular complexity index is 816. The quantitative estimate of drug-likeness (QED) is 0.709. The van der Waals surface area contributed by atoms with Crippen LogP contribution in [0.3, 0.4) is 0 Å². The molecular formula is C22H21ClO2. The van der Waals surface area contributed by atoms with Gasteiger partial charge in [-0.2, -0.15) is 0 Å². The minimum absolute atomic E-state index is 0.0802. The van der Waals surface area contributed by atoms with Crippen molar-refractivity contribution in [3.8, 4) is 11.1 Å². The highest BCUT2D eigenvalue weighted by Gasteiger charge is 2.47. The second-order valence-electron chi connectivity index (χ2n) is 7.22. The highest BCUT2D eigenvalue weighted by molar-refractivity contribution is 6.30. The van der Waals surface area contributed by atoms with Gasteiger partial charge in [-0.1, -0.05) is 42.8 Å². The summed E-state index contributed by atoms with van der Waals surface area (Å²) in [6, 6.07) is 13.9. The van der Waals surface area contributed by atoms with Gasteiger partial charge in [0.25, 0.3) is 0 Å². The summed E-state index contributed by atoms with van der Waals surface area (Å²) in [6.07, 6.45) is 3.35. The number of carbonyl (C=O) groups is 2. The number of aryl methyl sites for hydroxylation is 1. The van der Waals surface area contributed by atoms with E-state index in [1.807, 2.05) is 30.3 Å². The van der Waals surface area contributed by atoms with E-state index in [4.69, 9.17) is 11.6 Å². The molecule has 2 aliphatic carbocycles. The van der Waals surface area contributed by atoms with Crippen molar-refractivity contribution in [3.05, 3.63) is 58.6 Å². The van der Waals surface area contributed by atoms with Crippen molar-refractivity contribution in [2.24, 2.45) is 11.8 Å². The number of carbonyl (C=O) groups excluding carboxylic acids is 2. The Morgan fingerprint density at radius 1 is 0.920 bits per heavy atom. The van der Waals surface area contributed by atoms with Crippen LogP contribution in [0.5, 0.6) is 0 Å². The van der Waals surface area contributed by atoms with Crippen LogP contribution in [0.4, 0.5) is 0 Å². The second-order valence-corrected chi connectivity index (χ2v) is 7.66. The minimum atomic E-state index is -0.562. The number of halogens is 1. The lowest BCUT2D eigenvalue weighted by molar-refractivity contribution is -0.135. The molecular weight excluding hydrogens is 332 g/mol. The van der Waals surface area contributed by atoms with Crippen molar-refractivity contribution >= 4 is 23.2 Å². The van der Waals surface area contributed by atoms with Gasteiger partial charge >= 0.3 is 0 Å². The van der Waals surface area contributed by atoms with Crippen LogP contribution in [0.2, 0.25) is 5.02 Å². The van der Waals surface area contributed by atoms with Gasteiger partial charge in [0.05, 0.1) is 0 Å². The molecule has 0 aromatic heterocycles. The van der Waals surface area contributed by atoms with Gasteiger partial charge in [0.1, 0.15) is 5.92 Å². The van der Waals surface area contributed by atoms with Crippen molar-refractivity contribution < 1.29 is 9.59 Å². The fourth-order valence-corrected chi connectivity index (χ4v) is 4.55. The summed E-state index contributed by atoms with van der Waals surface area (Å²) in [5, 5.41) is 0.698. The maximum absolute atomic E-state index is 12.9. The molecule has 3 atom stereocenters. The predicted molar refractivity (Wildman–Crippen MR) is 99.9 cm³/mol. The van der Waals surface area contributed by atoms with Crippen LogP contribution >= 0.6 is 11.6 Å². The van der Waals surface area contributed by atoms with Gasteiger partial charge < -0.3 is 0 Å². The van der Waals surface area contributed by atoms with Crippen LogP contribution in [0.15, 0.2) is 42.5 Å². The van der Waals surface area contributed by atoms with E-state index in [0.717, 1.165) is 47.9 Å². The molecule has 2 aliphatic rings.